The molecule has 0 spiro atoms. The van der Waals surface area contributed by atoms with Crippen molar-refractivity contribution >= 4 is 92.9 Å². The maximum Gasteiger partial charge on any atom is 0.247 e. The van der Waals surface area contributed by atoms with Gasteiger partial charge in [-0.3, -0.25) is 19.2 Å². The van der Waals surface area contributed by atoms with Crippen LogP contribution < -0.4 is 31.9 Å². The first kappa shape index (κ1) is 45.3. The first-order valence-corrected chi connectivity index (χ1v) is 23.5. The predicted molar refractivity (Wildman–Crippen MR) is 249 cm³/mol. The van der Waals surface area contributed by atoms with Crippen LogP contribution in [0.15, 0.2) is 48.5 Å². The third-order valence-electron chi connectivity index (χ3n) is 12.2. The van der Waals surface area contributed by atoms with Gasteiger partial charge in [-0.1, -0.05) is 76.4 Å². The summed E-state index contributed by atoms with van der Waals surface area (Å²) in [4.78, 5) is 60.7. The Balaban J connectivity index is 1.07. The summed E-state index contributed by atoms with van der Waals surface area (Å²) in [5.41, 5.74) is 2.62. The lowest BCUT2D eigenvalue weighted by Gasteiger charge is -2.34. The van der Waals surface area contributed by atoms with Gasteiger partial charge in [0.05, 0.1) is 32.8 Å². The number of benzene rings is 2. The molecule has 0 radical (unpaired) electrons. The number of fused-ring (bicyclic) bond motifs is 2. The van der Waals surface area contributed by atoms with E-state index in [-0.39, 0.29) is 46.5 Å². The Labute approximate surface area is 368 Å². The number of amides is 4. The van der Waals surface area contributed by atoms with E-state index < -0.39 is 35.0 Å². The zero-order valence-corrected chi connectivity index (χ0v) is 38.6. The number of likely N-dealkylation sites (N-methyl/N-ethyl adjacent to an activating group) is 2. The topological polar surface area (TPSA) is 147 Å². The highest BCUT2D eigenvalue weighted by Crippen LogP contribution is 2.48. The van der Waals surface area contributed by atoms with E-state index in [0.29, 0.717) is 40.6 Å². The van der Waals surface area contributed by atoms with Crippen LogP contribution >= 0.6 is 48.0 Å². The Bertz CT molecular complexity index is 1780. The fourth-order valence-electron chi connectivity index (χ4n) is 8.63. The third kappa shape index (κ3) is 10.1. The molecule has 59 heavy (non-hydrogen) atoms. The quantitative estimate of drug-likeness (QED) is 0.158. The predicted octanol–water partition coefficient (Wildman–Crippen LogP) is 5.12. The van der Waals surface area contributed by atoms with Gasteiger partial charge in [-0.15, -0.1) is 23.5 Å². The molecule has 4 aliphatic heterocycles. The second-order valence-corrected chi connectivity index (χ2v) is 21.1. The molecule has 0 saturated carbocycles. The minimum absolute atomic E-state index is 0.0697. The highest BCUT2D eigenvalue weighted by atomic mass is 32.2. The summed E-state index contributed by atoms with van der Waals surface area (Å²) in [6.45, 7) is 12.2. The molecule has 4 aliphatic rings. The standard InChI is InChI=1S/C43H60N8O4S4/c1-24(44-7)38(56)48-30-17-19-58-32-22-42(3,4)34(50(32)40(30)54)36(52)46-28-13-9-26(10-14-28)21-27-11-15-29(16-12-27)47-37(53)35-43(5,6)23-33-51(35)41(55)31(18-20-59-33)49-39(57)25(2)45-8/h9-16,24-25,30-35,44-45H,17-23H2,1-8H3,(H,46,52)(H,47,53)(H,48,56)(H,49,57)/t24-,25-,30-,31-,32-,33?,34+,35+/m0/s1. The Morgan fingerprint density at radius 3 is 1.37 bits per heavy atom. The normalized spacial score (nSPS) is 27.1. The fraction of sp³-hybridized carbons (Fsp3) is 0.581. The highest BCUT2D eigenvalue weighted by molar-refractivity contribution is 8.00. The van der Waals surface area contributed by atoms with E-state index in [0.717, 1.165) is 35.5 Å². The van der Waals surface area contributed by atoms with Crippen LogP contribution in [0.2, 0.25) is 0 Å². The molecule has 4 fully saturated rings. The van der Waals surface area contributed by atoms with Gasteiger partial charge in [-0.2, -0.15) is 0 Å². The number of carbonyl (C=O) groups is 4. The number of hydrogen-bond donors (Lipinski definition) is 6. The minimum Gasteiger partial charge on any atom is -0.367 e. The number of hydrogen-bond acceptors (Lipinski definition) is 10. The van der Waals surface area contributed by atoms with E-state index >= 15 is 0 Å². The van der Waals surface area contributed by atoms with Gasteiger partial charge in [0, 0.05) is 11.4 Å². The Morgan fingerprint density at radius 2 is 1.03 bits per heavy atom. The van der Waals surface area contributed by atoms with Crippen molar-refractivity contribution in [2.24, 2.45) is 10.8 Å². The molecule has 12 nitrogen and oxygen atoms in total. The smallest absolute Gasteiger partial charge is 0.247 e. The summed E-state index contributed by atoms with van der Waals surface area (Å²) in [7, 11) is 3.67. The molecule has 6 N–H and O–H groups in total. The number of anilines is 2. The van der Waals surface area contributed by atoms with Gasteiger partial charge >= 0.3 is 0 Å². The molecule has 6 rings (SSSR count). The van der Waals surface area contributed by atoms with Crippen LogP contribution in [0.5, 0.6) is 0 Å². The first-order valence-electron chi connectivity index (χ1n) is 20.6. The van der Waals surface area contributed by atoms with Crippen LogP contribution in [-0.2, 0) is 25.6 Å². The largest absolute Gasteiger partial charge is 0.367 e. The first-order chi connectivity index (χ1) is 27.9. The Kier molecular flexibility index (Phi) is 14.4. The van der Waals surface area contributed by atoms with Gasteiger partial charge in [0.2, 0.25) is 23.6 Å². The average molecular weight is 881 g/mol. The van der Waals surface area contributed by atoms with Crippen molar-refractivity contribution in [3.63, 3.8) is 0 Å². The highest BCUT2D eigenvalue weighted by Gasteiger charge is 2.55. The number of nitrogens with one attached hydrogen (secondary N) is 6. The molecular weight excluding hydrogens is 821 g/mol. The fourth-order valence-corrected chi connectivity index (χ4v) is 12.3. The van der Waals surface area contributed by atoms with E-state index in [1.165, 1.54) is 0 Å². The average Bonchev–Trinajstić information content (AvgIpc) is 3.51. The number of thiocarbonyl (C=S) groups is 2. The summed E-state index contributed by atoms with van der Waals surface area (Å²) in [6.07, 6.45) is 3.40. The molecule has 4 amide bonds. The molecule has 0 aliphatic carbocycles. The van der Waals surface area contributed by atoms with E-state index in [2.05, 4.69) is 59.6 Å². The van der Waals surface area contributed by atoms with Crippen LogP contribution in [0.1, 0.15) is 78.4 Å². The van der Waals surface area contributed by atoms with Crippen LogP contribution in [0.3, 0.4) is 0 Å². The number of thioether (sulfide) groups is 2. The number of rotatable bonds is 12. The third-order valence-corrected chi connectivity index (χ3v) is 15.7. The van der Waals surface area contributed by atoms with Gasteiger partial charge in [0.15, 0.2) is 0 Å². The van der Waals surface area contributed by atoms with Crippen LogP contribution in [0.4, 0.5) is 11.4 Å². The molecule has 2 aromatic rings. The maximum absolute atomic E-state index is 14.0. The monoisotopic (exact) mass is 880 g/mol. The van der Waals surface area contributed by atoms with Crippen molar-refractivity contribution in [2.75, 3.05) is 36.2 Å². The van der Waals surface area contributed by atoms with Crippen LogP contribution in [0, 0.1) is 10.8 Å². The van der Waals surface area contributed by atoms with Gasteiger partial charge in [-0.05, 0) is 118 Å². The molecule has 1 unspecified atom stereocenters. The minimum atomic E-state index is -0.626. The molecule has 320 valence electrons. The lowest BCUT2D eigenvalue weighted by Crippen LogP contribution is -2.56. The van der Waals surface area contributed by atoms with Crippen molar-refractivity contribution in [3.05, 3.63) is 59.7 Å². The van der Waals surface area contributed by atoms with Crippen molar-refractivity contribution < 1.29 is 19.2 Å². The molecule has 0 aromatic heterocycles. The Morgan fingerprint density at radius 1 is 0.678 bits per heavy atom. The van der Waals surface area contributed by atoms with Crippen LogP contribution in [-0.4, -0.2) is 116 Å². The molecule has 4 saturated heterocycles. The van der Waals surface area contributed by atoms with Crippen molar-refractivity contribution in [3.8, 4) is 0 Å². The summed E-state index contributed by atoms with van der Waals surface area (Å²) in [5, 5.41) is 18.9. The lowest BCUT2D eigenvalue weighted by atomic mass is 9.84. The Hall–Kier alpha value is -3.28. The van der Waals surface area contributed by atoms with E-state index in [4.69, 9.17) is 24.4 Å². The zero-order chi connectivity index (χ0) is 42.8. The molecule has 8 atom stereocenters. The summed E-state index contributed by atoms with van der Waals surface area (Å²) in [6, 6.07) is 13.2. The van der Waals surface area contributed by atoms with Gasteiger partial charge < -0.3 is 41.7 Å². The van der Waals surface area contributed by atoms with Crippen molar-refractivity contribution in [1.29, 1.82) is 0 Å². The number of carbonyl (C=O) groups excluding carboxylic acids is 4. The van der Waals surface area contributed by atoms with Crippen molar-refractivity contribution in [2.45, 2.75) is 121 Å². The van der Waals surface area contributed by atoms with Gasteiger partial charge in [-0.25, -0.2) is 0 Å². The maximum atomic E-state index is 14.0. The van der Waals surface area contributed by atoms with Gasteiger partial charge in [0.1, 0.15) is 24.2 Å². The zero-order valence-electron chi connectivity index (χ0n) is 35.3. The molecule has 4 heterocycles. The molecule has 0 bridgehead atoms. The lowest BCUT2D eigenvalue weighted by molar-refractivity contribution is -0.140. The SMILES string of the molecule is CN[C@@H](C)C(=S)N[C@H]1CCSC2CC(C)(C)[C@@H](C(=O)Nc3ccc(Cc4ccc(NC(=O)[C@H]5N6C(=O)[C@@H](NC(=S)[C@H](C)NC)CCS[C@H]6CC5(C)C)cc4)cc3)N2C1=O. The van der Waals surface area contributed by atoms with E-state index in [9.17, 15) is 19.2 Å². The van der Waals surface area contributed by atoms with E-state index in [1.54, 1.807) is 33.3 Å². The second kappa shape index (κ2) is 18.8. The summed E-state index contributed by atoms with van der Waals surface area (Å²) < 4.78 is 0. The molecular formula is C43H60N8O4S4. The van der Waals surface area contributed by atoms with Crippen LogP contribution in [0.25, 0.3) is 0 Å². The van der Waals surface area contributed by atoms with Crippen molar-refractivity contribution in [1.82, 2.24) is 31.1 Å². The summed E-state index contributed by atoms with van der Waals surface area (Å²) in [5.74, 6) is 1.05. The summed E-state index contributed by atoms with van der Waals surface area (Å²) >= 11 is 14.6. The van der Waals surface area contributed by atoms with Gasteiger partial charge in [0.25, 0.3) is 0 Å². The molecule has 2 aromatic carbocycles. The molecule has 16 heteroatoms. The number of nitrogens with zero attached hydrogens (tertiary/aromatic N) is 2. The van der Waals surface area contributed by atoms with E-state index in [1.807, 2.05) is 76.5 Å². The second-order valence-electron chi connectivity index (χ2n) is 17.6.